The van der Waals surface area contributed by atoms with Crippen LogP contribution >= 0.6 is 11.6 Å². The third-order valence-corrected chi connectivity index (χ3v) is 4.91. The standard InChI is InChI=1S/C18H19ClF2N2O3/c1-18(25)4-2-12(3-5-18)23-16(24)11-6-10-7-13(19)15(26-17(20)21)8-14(10)22-9-11/h6-9,12,17,25H,2-5H2,1H3,(H,23,24). The molecule has 0 bridgehead atoms. The number of ether oxygens (including phenoxy) is 1. The lowest BCUT2D eigenvalue weighted by Gasteiger charge is -2.33. The number of benzene rings is 1. The maximum Gasteiger partial charge on any atom is 0.387 e. The molecule has 5 nitrogen and oxygen atoms in total. The van der Waals surface area contributed by atoms with Crippen LogP contribution in [0.25, 0.3) is 10.9 Å². The van der Waals surface area contributed by atoms with Crippen molar-refractivity contribution >= 4 is 28.4 Å². The average Bonchev–Trinajstić information content (AvgIpc) is 2.56. The molecule has 1 saturated carbocycles. The lowest BCUT2D eigenvalue weighted by atomic mass is 9.83. The fraction of sp³-hybridized carbons (Fsp3) is 0.444. The van der Waals surface area contributed by atoms with Crippen molar-refractivity contribution in [2.75, 3.05) is 0 Å². The molecule has 0 unspecified atom stereocenters. The van der Waals surface area contributed by atoms with Crippen molar-refractivity contribution in [2.24, 2.45) is 0 Å². The van der Waals surface area contributed by atoms with Crippen molar-refractivity contribution in [3.63, 3.8) is 0 Å². The van der Waals surface area contributed by atoms with Crippen LogP contribution in [-0.2, 0) is 0 Å². The second kappa shape index (κ2) is 7.32. The molecular formula is C18H19ClF2N2O3. The van der Waals surface area contributed by atoms with E-state index in [1.165, 1.54) is 18.3 Å². The number of hydrogen-bond donors (Lipinski definition) is 2. The average molecular weight is 385 g/mol. The lowest BCUT2D eigenvalue weighted by Crippen LogP contribution is -2.42. The first-order valence-electron chi connectivity index (χ1n) is 8.31. The summed E-state index contributed by atoms with van der Waals surface area (Å²) < 4.78 is 29.1. The van der Waals surface area contributed by atoms with Gasteiger partial charge in [-0.2, -0.15) is 8.78 Å². The van der Waals surface area contributed by atoms with Crippen LogP contribution in [0.5, 0.6) is 5.75 Å². The van der Waals surface area contributed by atoms with E-state index >= 15 is 0 Å². The molecule has 0 spiro atoms. The Morgan fingerprint density at radius 1 is 1.38 bits per heavy atom. The molecule has 26 heavy (non-hydrogen) atoms. The predicted molar refractivity (Wildman–Crippen MR) is 93.7 cm³/mol. The van der Waals surface area contributed by atoms with E-state index in [1.807, 2.05) is 0 Å². The van der Waals surface area contributed by atoms with Crippen LogP contribution < -0.4 is 10.1 Å². The highest BCUT2D eigenvalue weighted by Crippen LogP contribution is 2.31. The van der Waals surface area contributed by atoms with Gasteiger partial charge in [0.2, 0.25) is 0 Å². The molecule has 1 aromatic carbocycles. The largest absolute Gasteiger partial charge is 0.433 e. The van der Waals surface area contributed by atoms with Gasteiger partial charge in [0.25, 0.3) is 5.91 Å². The Morgan fingerprint density at radius 2 is 2.08 bits per heavy atom. The number of carbonyl (C=O) groups is 1. The summed E-state index contributed by atoms with van der Waals surface area (Å²) in [5.41, 5.74) is 0.0873. The van der Waals surface area contributed by atoms with Gasteiger partial charge in [-0.15, -0.1) is 0 Å². The van der Waals surface area contributed by atoms with Crippen LogP contribution in [0.4, 0.5) is 8.78 Å². The number of nitrogens with one attached hydrogen (secondary N) is 1. The van der Waals surface area contributed by atoms with Crippen molar-refractivity contribution in [3.05, 3.63) is 35.0 Å². The number of nitrogens with zero attached hydrogens (tertiary/aromatic N) is 1. The normalized spacial score (nSPS) is 23.2. The van der Waals surface area contributed by atoms with E-state index in [2.05, 4.69) is 15.0 Å². The number of aliphatic hydroxyl groups is 1. The fourth-order valence-electron chi connectivity index (χ4n) is 3.09. The Balaban J connectivity index is 1.75. The van der Waals surface area contributed by atoms with Crippen LogP contribution in [0.3, 0.4) is 0 Å². The summed E-state index contributed by atoms with van der Waals surface area (Å²) in [6.45, 7) is -1.18. The van der Waals surface area contributed by atoms with E-state index in [9.17, 15) is 18.7 Å². The molecule has 0 radical (unpaired) electrons. The van der Waals surface area contributed by atoms with Gasteiger partial charge >= 0.3 is 6.61 Å². The molecule has 1 aromatic heterocycles. The first kappa shape index (κ1) is 18.8. The number of carbonyl (C=O) groups excluding carboxylic acids is 1. The minimum Gasteiger partial charge on any atom is -0.433 e. The van der Waals surface area contributed by atoms with Gasteiger partial charge in [0.05, 0.1) is 21.7 Å². The van der Waals surface area contributed by atoms with E-state index in [0.717, 1.165) is 0 Å². The minimum absolute atomic E-state index is 0.00354. The summed E-state index contributed by atoms with van der Waals surface area (Å²) in [5, 5.41) is 13.5. The van der Waals surface area contributed by atoms with Gasteiger partial charge < -0.3 is 15.2 Å². The van der Waals surface area contributed by atoms with Gasteiger partial charge in [0.15, 0.2) is 0 Å². The van der Waals surface area contributed by atoms with Crippen LogP contribution in [0, 0.1) is 0 Å². The van der Waals surface area contributed by atoms with Gasteiger partial charge in [0, 0.05) is 23.7 Å². The molecule has 2 aromatic rings. The van der Waals surface area contributed by atoms with Crippen molar-refractivity contribution in [1.29, 1.82) is 0 Å². The number of fused-ring (bicyclic) bond motifs is 1. The van der Waals surface area contributed by atoms with Gasteiger partial charge in [-0.25, -0.2) is 0 Å². The molecule has 0 atom stereocenters. The van der Waals surface area contributed by atoms with Gasteiger partial charge in [0.1, 0.15) is 5.75 Å². The summed E-state index contributed by atoms with van der Waals surface area (Å²) in [6, 6.07) is 4.36. The Morgan fingerprint density at radius 3 is 2.73 bits per heavy atom. The monoisotopic (exact) mass is 384 g/mol. The Hall–Kier alpha value is -1.99. The van der Waals surface area contributed by atoms with E-state index in [1.54, 1.807) is 13.0 Å². The van der Waals surface area contributed by atoms with E-state index in [0.29, 0.717) is 42.1 Å². The number of halogens is 3. The fourth-order valence-corrected chi connectivity index (χ4v) is 3.31. The van der Waals surface area contributed by atoms with Gasteiger partial charge in [-0.1, -0.05) is 11.6 Å². The topological polar surface area (TPSA) is 71.5 Å². The number of amides is 1. The van der Waals surface area contributed by atoms with Crippen LogP contribution in [-0.4, -0.2) is 34.3 Å². The molecule has 8 heteroatoms. The summed E-state index contributed by atoms with van der Waals surface area (Å²) in [6.07, 6.45) is 4.07. The Kier molecular flexibility index (Phi) is 5.29. The molecule has 1 amide bonds. The molecule has 0 saturated heterocycles. The maximum atomic E-state index is 12.4. The van der Waals surface area contributed by atoms with Crippen molar-refractivity contribution < 1.29 is 23.4 Å². The summed E-state index contributed by atoms with van der Waals surface area (Å²) >= 11 is 5.95. The minimum atomic E-state index is -2.98. The predicted octanol–water partition coefficient (Wildman–Crippen LogP) is 3.91. The first-order valence-corrected chi connectivity index (χ1v) is 8.69. The zero-order chi connectivity index (χ0) is 18.9. The van der Waals surface area contributed by atoms with Crippen molar-refractivity contribution in [3.8, 4) is 5.75 Å². The molecule has 1 fully saturated rings. The molecular weight excluding hydrogens is 366 g/mol. The Bertz CT molecular complexity index is 819. The number of aromatic nitrogens is 1. The molecule has 1 aliphatic carbocycles. The van der Waals surface area contributed by atoms with Gasteiger partial charge in [-0.05, 0) is 44.7 Å². The molecule has 1 aliphatic rings. The highest BCUT2D eigenvalue weighted by atomic mass is 35.5. The highest BCUT2D eigenvalue weighted by molar-refractivity contribution is 6.32. The molecule has 0 aliphatic heterocycles. The van der Waals surface area contributed by atoms with E-state index in [4.69, 9.17) is 11.6 Å². The number of pyridine rings is 1. The van der Waals surface area contributed by atoms with Gasteiger partial charge in [-0.3, -0.25) is 9.78 Å². The molecule has 140 valence electrons. The zero-order valence-electron chi connectivity index (χ0n) is 14.1. The Labute approximate surface area is 154 Å². The molecule has 2 N–H and O–H groups in total. The highest BCUT2D eigenvalue weighted by Gasteiger charge is 2.29. The number of hydrogen-bond acceptors (Lipinski definition) is 4. The number of rotatable bonds is 4. The summed E-state index contributed by atoms with van der Waals surface area (Å²) in [4.78, 5) is 16.6. The van der Waals surface area contributed by atoms with Crippen LogP contribution in [0.1, 0.15) is 43.0 Å². The van der Waals surface area contributed by atoms with Crippen LogP contribution in [0.15, 0.2) is 24.4 Å². The smallest absolute Gasteiger partial charge is 0.387 e. The quantitative estimate of drug-likeness (QED) is 0.838. The molecule has 1 heterocycles. The number of alkyl halides is 2. The van der Waals surface area contributed by atoms with E-state index < -0.39 is 12.2 Å². The van der Waals surface area contributed by atoms with Crippen molar-refractivity contribution in [2.45, 2.75) is 50.9 Å². The third kappa shape index (κ3) is 4.40. The van der Waals surface area contributed by atoms with E-state index in [-0.39, 0.29) is 22.7 Å². The van der Waals surface area contributed by atoms with Crippen molar-refractivity contribution in [1.82, 2.24) is 10.3 Å². The zero-order valence-corrected chi connectivity index (χ0v) is 14.9. The summed E-state index contributed by atoms with van der Waals surface area (Å²) in [5.74, 6) is -0.428. The molecule has 3 rings (SSSR count). The SMILES string of the molecule is CC1(O)CCC(NC(=O)c2cnc3cc(OC(F)F)c(Cl)cc3c2)CC1. The second-order valence-electron chi connectivity index (χ2n) is 6.82. The second-order valence-corrected chi connectivity index (χ2v) is 7.23. The lowest BCUT2D eigenvalue weighted by molar-refractivity contribution is -0.0497. The van der Waals surface area contributed by atoms with Crippen LogP contribution in [0.2, 0.25) is 5.02 Å². The summed E-state index contributed by atoms with van der Waals surface area (Å²) in [7, 11) is 0. The maximum absolute atomic E-state index is 12.4. The third-order valence-electron chi connectivity index (χ3n) is 4.61. The first-order chi connectivity index (χ1) is 12.2.